The van der Waals surface area contributed by atoms with E-state index in [4.69, 9.17) is 9.84 Å². The van der Waals surface area contributed by atoms with Gasteiger partial charge in [-0.1, -0.05) is 12.1 Å². The van der Waals surface area contributed by atoms with Crippen molar-refractivity contribution in [3.8, 4) is 0 Å². The number of aromatic nitrogens is 1. The first-order valence-corrected chi connectivity index (χ1v) is 9.87. The number of carboxylic acid groups (broad SMARTS) is 1. The Labute approximate surface area is 172 Å². The lowest BCUT2D eigenvalue weighted by molar-refractivity contribution is 0.0269. The summed E-state index contributed by atoms with van der Waals surface area (Å²) in [5.41, 5.74) is 2.42. The number of esters is 1. The van der Waals surface area contributed by atoms with E-state index in [1.165, 1.54) is 12.1 Å². The average molecular weight is 406 g/mol. The van der Waals surface area contributed by atoms with Crippen LogP contribution in [0.15, 0.2) is 53.3 Å². The summed E-state index contributed by atoms with van der Waals surface area (Å²) in [4.78, 5) is 40.8. The van der Waals surface area contributed by atoms with Gasteiger partial charge in [0, 0.05) is 30.6 Å². The number of aromatic amines is 1. The largest absolute Gasteiger partial charge is 0.478 e. The van der Waals surface area contributed by atoms with E-state index < -0.39 is 5.97 Å². The van der Waals surface area contributed by atoms with Crippen LogP contribution in [-0.4, -0.2) is 46.7 Å². The fourth-order valence-corrected chi connectivity index (χ4v) is 3.64. The number of carboxylic acids is 1. The minimum absolute atomic E-state index is 0.197. The van der Waals surface area contributed by atoms with Gasteiger partial charge in [-0.05, 0) is 60.2 Å². The van der Waals surface area contributed by atoms with Crippen LogP contribution >= 0.6 is 0 Å². The van der Waals surface area contributed by atoms with Crippen molar-refractivity contribution >= 4 is 22.8 Å². The zero-order valence-electron chi connectivity index (χ0n) is 16.4. The summed E-state index contributed by atoms with van der Waals surface area (Å²) >= 11 is 0. The SMILES string of the molecule is O=C(O)c1ccc(Cc2cc3cc(C(=O)OCN4CCCC4)ccc3[nH]c2=O)cc1. The van der Waals surface area contributed by atoms with Crippen LogP contribution in [0.1, 0.15) is 44.7 Å². The second-order valence-electron chi connectivity index (χ2n) is 7.49. The van der Waals surface area contributed by atoms with Crippen molar-refractivity contribution in [3.05, 3.63) is 81.1 Å². The van der Waals surface area contributed by atoms with Crippen LogP contribution in [0.5, 0.6) is 0 Å². The number of aromatic carboxylic acids is 1. The lowest BCUT2D eigenvalue weighted by Crippen LogP contribution is -2.24. The van der Waals surface area contributed by atoms with Crippen LogP contribution in [0.25, 0.3) is 10.9 Å². The molecule has 1 aliphatic heterocycles. The van der Waals surface area contributed by atoms with Gasteiger partial charge >= 0.3 is 11.9 Å². The molecule has 30 heavy (non-hydrogen) atoms. The van der Waals surface area contributed by atoms with Crippen molar-refractivity contribution in [3.63, 3.8) is 0 Å². The number of hydrogen-bond acceptors (Lipinski definition) is 5. The Morgan fingerprint density at radius 2 is 1.70 bits per heavy atom. The molecule has 2 N–H and O–H groups in total. The molecule has 1 aliphatic rings. The molecule has 1 fully saturated rings. The van der Waals surface area contributed by atoms with Crippen LogP contribution in [0, 0.1) is 0 Å². The minimum atomic E-state index is -0.991. The van der Waals surface area contributed by atoms with Crippen molar-refractivity contribution in [2.45, 2.75) is 19.3 Å². The van der Waals surface area contributed by atoms with Crippen LogP contribution in [0.2, 0.25) is 0 Å². The predicted octanol–water partition coefficient (Wildman–Crippen LogP) is 3.03. The molecule has 0 amide bonds. The lowest BCUT2D eigenvalue weighted by atomic mass is 10.0. The van der Waals surface area contributed by atoms with Gasteiger partial charge in [0.1, 0.15) is 6.73 Å². The summed E-state index contributed by atoms with van der Waals surface area (Å²) < 4.78 is 5.41. The molecule has 2 aromatic carbocycles. The summed E-state index contributed by atoms with van der Waals surface area (Å²) in [5, 5.41) is 9.74. The minimum Gasteiger partial charge on any atom is -0.478 e. The number of carbonyl (C=O) groups excluding carboxylic acids is 1. The Kier molecular flexibility index (Phi) is 5.63. The first-order chi connectivity index (χ1) is 14.5. The number of fused-ring (bicyclic) bond motifs is 1. The number of H-pyrrole nitrogens is 1. The molecule has 0 atom stereocenters. The summed E-state index contributed by atoms with van der Waals surface area (Å²) in [6.45, 7) is 2.19. The standard InChI is InChI=1S/C23H22N2O5/c26-21-19(11-15-3-5-16(6-4-15)22(27)28)13-18-12-17(7-8-20(18)24-21)23(29)30-14-25-9-1-2-10-25/h3-8,12-13H,1-2,9-11,14H2,(H,24,26)(H,27,28). The number of rotatable bonds is 6. The van der Waals surface area contributed by atoms with Crippen molar-refractivity contribution in [2.24, 2.45) is 0 Å². The molecule has 3 aromatic rings. The quantitative estimate of drug-likeness (QED) is 0.611. The molecular weight excluding hydrogens is 384 g/mol. The van der Waals surface area contributed by atoms with Crippen molar-refractivity contribution in [1.82, 2.24) is 9.88 Å². The van der Waals surface area contributed by atoms with Gasteiger partial charge in [0.25, 0.3) is 5.56 Å². The molecule has 7 nitrogen and oxygen atoms in total. The van der Waals surface area contributed by atoms with Crippen LogP contribution in [0.4, 0.5) is 0 Å². The number of nitrogens with one attached hydrogen (secondary N) is 1. The highest BCUT2D eigenvalue weighted by atomic mass is 16.5. The van der Waals surface area contributed by atoms with E-state index in [1.807, 2.05) is 0 Å². The molecule has 0 radical (unpaired) electrons. The number of hydrogen-bond donors (Lipinski definition) is 2. The second kappa shape index (κ2) is 8.51. The van der Waals surface area contributed by atoms with Crippen LogP contribution < -0.4 is 5.56 Å². The number of likely N-dealkylation sites (tertiary alicyclic amines) is 1. The molecule has 0 bridgehead atoms. The number of benzene rings is 2. The normalized spacial score (nSPS) is 14.1. The zero-order valence-corrected chi connectivity index (χ0v) is 16.4. The van der Waals surface area contributed by atoms with Gasteiger partial charge in [-0.2, -0.15) is 0 Å². The van der Waals surface area contributed by atoms with Crippen LogP contribution in [-0.2, 0) is 11.2 Å². The first kappa shape index (κ1) is 19.8. The molecular formula is C23H22N2O5. The maximum absolute atomic E-state index is 12.4. The van der Waals surface area contributed by atoms with Gasteiger partial charge in [-0.25, -0.2) is 9.59 Å². The highest BCUT2D eigenvalue weighted by Gasteiger charge is 2.15. The van der Waals surface area contributed by atoms with E-state index >= 15 is 0 Å². The molecule has 154 valence electrons. The van der Waals surface area contributed by atoms with E-state index in [1.54, 1.807) is 36.4 Å². The van der Waals surface area contributed by atoms with E-state index in [0.717, 1.165) is 36.9 Å². The van der Waals surface area contributed by atoms with Gasteiger partial charge < -0.3 is 14.8 Å². The van der Waals surface area contributed by atoms with E-state index in [0.29, 0.717) is 29.8 Å². The maximum Gasteiger partial charge on any atom is 0.339 e. The highest BCUT2D eigenvalue weighted by molar-refractivity contribution is 5.94. The lowest BCUT2D eigenvalue weighted by Gasteiger charge is -2.14. The molecule has 1 aromatic heterocycles. The Morgan fingerprint density at radius 3 is 2.40 bits per heavy atom. The third kappa shape index (κ3) is 4.41. The van der Waals surface area contributed by atoms with E-state index in [-0.39, 0.29) is 17.1 Å². The van der Waals surface area contributed by atoms with Gasteiger partial charge in [0.05, 0.1) is 11.1 Å². The topological polar surface area (TPSA) is 99.7 Å². The fraction of sp³-hybridized carbons (Fsp3) is 0.261. The summed E-state index contributed by atoms with van der Waals surface area (Å²) in [5.74, 6) is -1.38. The molecule has 0 spiro atoms. The van der Waals surface area contributed by atoms with Gasteiger partial charge in [0.15, 0.2) is 0 Å². The Morgan fingerprint density at radius 1 is 1.00 bits per heavy atom. The molecule has 0 aliphatic carbocycles. The number of nitrogens with zero attached hydrogens (tertiary/aromatic N) is 1. The Balaban J connectivity index is 1.54. The average Bonchev–Trinajstić information content (AvgIpc) is 3.26. The van der Waals surface area contributed by atoms with Crippen molar-refractivity contribution in [1.29, 1.82) is 0 Å². The smallest absolute Gasteiger partial charge is 0.339 e. The summed E-state index contributed by atoms with van der Waals surface area (Å²) in [7, 11) is 0. The van der Waals surface area contributed by atoms with Gasteiger partial charge in [-0.3, -0.25) is 9.69 Å². The Hall–Kier alpha value is -3.45. The second-order valence-corrected chi connectivity index (χ2v) is 7.49. The van der Waals surface area contributed by atoms with E-state index in [9.17, 15) is 14.4 Å². The third-order valence-corrected chi connectivity index (χ3v) is 5.33. The third-order valence-electron chi connectivity index (χ3n) is 5.33. The molecule has 1 saturated heterocycles. The summed E-state index contributed by atoms with van der Waals surface area (Å²) in [6.07, 6.45) is 2.61. The van der Waals surface area contributed by atoms with Gasteiger partial charge in [-0.15, -0.1) is 0 Å². The molecule has 4 rings (SSSR count). The highest BCUT2D eigenvalue weighted by Crippen LogP contribution is 2.17. The monoisotopic (exact) mass is 406 g/mol. The zero-order chi connectivity index (χ0) is 21.1. The molecule has 2 heterocycles. The van der Waals surface area contributed by atoms with Crippen molar-refractivity contribution in [2.75, 3.05) is 19.8 Å². The predicted molar refractivity (Wildman–Crippen MR) is 112 cm³/mol. The Bertz CT molecular complexity index is 1140. The first-order valence-electron chi connectivity index (χ1n) is 9.87. The molecule has 0 unspecified atom stereocenters. The maximum atomic E-state index is 12.4. The number of carbonyl (C=O) groups is 2. The fourth-order valence-electron chi connectivity index (χ4n) is 3.64. The van der Waals surface area contributed by atoms with Crippen LogP contribution in [0.3, 0.4) is 0 Å². The molecule has 7 heteroatoms. The number of pyridine rings is 1. The van der Waals surface area contributed by atoms with Crippen molar-refractivity contribution < 1.29 is 19.4 Å². The van der Waals surface area contributed by atoms with E-state index in [2.05, 4.69) is 9.88 Å². The summed E-state index contributed by atoms with van der Waals surface area (Å²) in [6, 6.07) is 13.2. The number of ether oxygens (including phenoxy) is 1. The molecule has 0 saturated carbocycles. The van der Waals surface area contributed by atoms with Gasteiger partial charge in [0.2, 0.25) is 0 Å².